The molecule has 0 radical (unpaired) electrons. The summed E-state index contributed by atoms with van der Waals surface area (Å²) in [7, 11) is 1.61. The Kier molecular flexibility index (Phi) is 5.15. The van der Waals surface area contributed by atoms with Crippen LogP contribution in [0.25, 0.3) is 0 Å². The Labute approximate surface area is 153 Å². The van der Waals surface area contributed by atoms with E-state index in [0.29, 0.717) is 38.9 Å². The van der Waals surface area contributed by atoms with E-state index >= 15 is 0 Å². The molecular formula is C19H25N3O4. The number of carbonyl (C=O) groups excluding carboxylic acids is 3. The molecule has 4 amide bonds. The molecule has 1 N–H and O–H groups in total. The number of hydrogen-bond acceptors (Lipinski definition) is 4. The minimum Gasteiger partial charge on any atom is -0.497 e. The fraction of sp³-hybridized carbons (Fsp3) is 0.526. The number of nitrogens with one attached hydrogen (secondary N) is 1. The van der Waals surface area contributed by atoms with Gasteiger partial charge in [-0.2, -0.15) is 0 Å². The lowest BCUT2D eigenvalue weighted by atomic mass is 9.87. The smallest absolute Gasteiger partial charge is 0.325 e. The Balaban J connectivity index is 1.58. The molecule has 0 aromatic heterocycles. The van der Waals surface area contributed by atoms with Crippen molar-refractivity contribution < 1.29 is 19.1 Å². The summed E-state index contributed by atoms with van der Waals surface area (Å²) < 4.78 is 5.12. The maximum Gasteiger partial charge on any atom is 0.325 e. The van der Waals surface area contributed by atoms with Crippen LogP contribution in [0.5, 0.6) is 5.75 Å². The van der Waals surface area contributed by atoms with Gasteiger partial charge in [0.15, 0.2) is 0 Å². The summed E-state index contributed by atoms with van der Waals surface area (Å²) in [4.78, 5) is 40.3. The van der Waals surface area contributed by atoms with Crippen molar-refractivity contribution in [2.24, 2.45) is 0 Å². The number of hydrogen-bond donors (Lipinski definition) is 1. The minimum absolute atomic E-state index is 0.0344. The number of methoxy groups -OCH3 is 1. The first-order valence-electron chi connectivity index (χ1n) is 9.04. The number of carbonyl (C=O) groups is 3. The van der Waals surface area contributed by atoms with Crippen LogP contribution in [-0.2, 0) is 16.0 Å². The molecule has 1 spiro atoms. The first-order valence-corrected chi connectivity index (χ1v) is 9.04. The van der Waals surface area contributed by atoms with Gasteiger partial charge in [0, 0.05) is 19.6 Å². The van der Waals surface area contributed by atoms with Gasteiger partial charge in [-0.25, -0.2) is 4.79 Å². The number of nitrogens with zero attached hydrogens (tertiary/aromatic N) is 2. The van der Waals surface area contributed by atoms with Gasteiger partial charge in [0.05, 0.1) is 13.5 Å². The van der Waals surface area contributed by atoms with E-state index in [1.165, 1.54) is 4.90 Å². The van der Waals surface area contributed by atoms with Crippen molar-refractivity contribution in [3.63, 3.8) is 0 Å². The summed E-state index contributed by atoms with van der Waals surface area (Å²) in [5.41, 5.74) is 0.0961. The molecule has 0 unspecified atom stereocenters. The van der Waals surface area contributed by atoms with E-state index in [-0.39, 0.29) is 17.8 Å². The molecule has 3 rings (SSSR count). The van der Waals surface area contributed by atoms with Gasteiger partial charge in [0.1, 0.15) is 11.3 Å². The van der Waals surface area contributed by atoms with Crippen molar-refractivity contribution >= 4 is 17.8 Å². The predicted molar refractivity (Wildman–Crippen MR) is 95.8 cm³/mol. The summed E-state index contributed by atoms with van der Waals surface area (Å²) in [6, 6.07) is 7.12. The third-order valence-corrected chi connectivity index (χ3v) is 5.18. The lowest BCUT2D eigenvalue weighted by Crippen LogP contribution is -2.56. The minimum atomic E-state index is -0.830. The number of benzene rings is 1. The van der Waals surface area contributed by atoms with Crippen molar-refractivity contribution in [2.45, 2.75) is 38.1 Å². The van der Waals surface area contributed by atoms with Crippen LogP contribution >= 0.6 is 0 Å². The van der Waals surface area contributed by atoms with Gasteiger partial charge in [-0.05, 0) is 37.0 Å². The molecule has 7 heteroatoms. The Bertz CT molecular complexity index is 693. The third-order valence-electron chi connectivity index (χ3n) is 5.18. The zero-order valence-corrected chi connectivity index (χ0v) is 15.3. The number of amides is 4. The van der Waals surface area contributed by atoms with Crippen molar-refractivity contribution in [1.29, 1.82) is 0 Å². The fourth-order valence-electron chi connectivity index (χ4n) is 3.61. The topological polar surface area (TPSA) is 79.0 Å². The molecule has 1 aromatic rings. The monoisotopic (exact) mass is 359 g/mol. The maximum absolute atomic E-state index is 12.6. The third kappa shape index (κ3) is 3.38. The molecule has 1 aromatic carbocycles. The SMILES string of the molecule is CCCN1C(=O)NC2(CCN(C(=O)Cc3ccc(OC)cc3)CC2)C1=O. The summed E-state index contributed by atoms with van der Waals surface area (Å²) in [5.74, 6) is 0.645. The van der Waals surface area contributed by atoms with Crippen LogP contribution in [0.4, 0.5) is 4.79 Å². The van der Waals surface area contributed by atoms with Gasteiger partial charge in [-0.3, -0.25) is 14.5 Å². The molecule has 7 nitrogen and oxygen atoms in total. The number of piperidine rings is 1. The number of imide groups is 1. The molecule has 26 heavy (non-hydrogen) atoms. The van der Waals surface area contributed by atoms with Crippen LogP contribution in [0.3, 0.4) is 0 Å². The first-order chi connectivity index (χ1) is 12.5. The van der Waals surface area contributed by atoms with E-state index in [2.05, 4.69) is 5.32 Å². The summed E-state index contributed by atoms with van der Waals surface area (Å²) in [6.45, 7) is 3.32. The molecule has 0 aliphatic carbocycles. The highest BCUT2D eigenvalue weighted by molar-refractivity contribution is 6.07. The van der Waals surface area contributed by atoms with Crippen molar-refractivity contribution in [2.75, 3.05) is 26.7 Å². The van der Waals surface area contributed by atoms with Gasteiger partial charge in [-0.1, -0.05) is 19.1 Å². The van der Waals surface area contributed by atoms with Crippen LogP contribution < -0.4 is 10.1 Å². The normalized spacial score (nSPS) is 19.0. The van der Waals surface area contributed by atoms with Crippen LogP contribution in [0, 0.1) is 0 Å². The van der Waals surface area contributed by atoms with Crippen molar-refractivity contribution in [3.05, 3.63) is 29.8 Å². The van der Waals surface area contributed by atoms with Crippen LogP contribution in [0.2, 0.25) is 0 Å². The van der Waals surface area contributed by atoms with Gasteiger partial charge in [-0.15, -0.1) is 0 Å². The van der Waals surface area contributed by atoms with Crippen molar-refractivity contribution in [1.82, 2.24) is 15.1 Å². The first kappa shape index (κ1) is 18.2. The highest BCUT2D eigenvalue weighted by Gasteiger charge is 2.52. The molecule has 2 heterocycles. The molecule has 140 valence electrons. The van der Waals surface area contributed by atoms with E-state index < -0.39 is 5.54 Å². The Morgan fingerprint density at radius 2 is 1.85 bits per heavy atom. The molecule has 2 fully saturated rings. The second-order valence-corrected chi connectivity index (χ2v) is 6.87. The van der Waals surface area contributed by atoms with E-state index in [1.807, 2.05) is 31.2 Å². The second-order valence-electron chi connectivity index (χ2n) is 6.87. The lowest BCUT2D eigenvalue weighted by Gasteiger charge is -2.37. The number of urea groups is 1. The summed E-state index contributed by atoms with van der Waals surface area (Å²) in [5, 5.41) is 2.86. The average molecular weight is 359 g/mol. The van der Waals surface area contributed by atoms with Crippen LogP contribution in [0.15, 0.2) is 24.3 Å². The lowest BCUT2D eigenvalue weighted by molar-refractivity contribution is -0.138. The van der Waals surface area contributed by atoms with E-state index in [4.69, 9.17) is 4.74 Å². The molecule has 2 aliphatic heterocycles. The molecular weight excluding hydrogens is 334 g/mol. The Hall–Kier alpha value is -2.57. The molecule has 2 aliphatic rings. The van der Waals surface area contributed by atoms with Gasteiger partial charge in [0.25, 0.3) is 5.91 Å². The summed E-state index contributed by atoms with van der Waals surface area (Å²) in [6.07, 6.45) is 1.99. The van der Waals surface area contributed by atoms with Crippen LogP contribution in [0.1, 0.15) is 31.7 Å². The zero-order chi connectivity index (χ0) is 18.7. The van der Waals surface area contributed by atoms with Crippen LogP contribution in [-0.4, -0.2) is 59.9 Å². The molecule has 0 atom stereocenters. The Morgan fingerprint density at radius 1 is 1.19 bits per heavy atom. The van der Waals surface area contributed by atoms with Gasteiger partial charge < -0.3 is 15.0 Å². The highest BCUT2D eigenvalue weighted by atomic mass is 16.5. The average Bonchev–Trinajstić information content (AvgIpc) is 2.87. The number of rotatable bonds is 5. The number of likely N-dealkylation sites (tertiary alicyclic amines) is 1. The standard InChI is InChI=1S/C19H25N3O4/c1-3-10-22-17(24)19(20-18(22)25)8-11-21(12-9-19)16(23)13-14-4-6-15(26-2)7-5-14/h4-7H,3,8-13H2,1-2H3,(H,20,25). The van der Waals surface area contributed by atoms with Crippen molar-refractivity contribution in [3.8, 4) is 5.75 Å². The van der Waals surface area contributed by atoms with E-state index in [0.717, 1.165) is 17.7 Å². The Morgan fingerprint density at radius 3 is 2.42 bits per heavy atom. The quantitative estimate of drug-likeness (QED) is 0.809. The zero-order valence-electron chi connectivity index (χ0n) is 15.3. The van der Waals surface area contributed by atoms with Gasteiger partial charge in [0.2, 0.25) is 5.91 Å². The predicted octanol–water partition coefficient (Wildman–Crippen LogP) is 1.56. The summed E-state index contributed by atoms with van der Waals surface area (Å²) >= 11 is 0. The largest absolute Gasteiger partial charge is 0.497 e. The van der Waals surface area contributed by atoms with E-state index in [9.17, 15) is 14.4 Å². The molecule has 0 bridgehead atoms. The highest BCUT2D eigenvalue weighted by Crippen LogP contribution is 2.30. The molecule has 0 saturated carbocycles. The van der Waals surface area contributed by atoms with Gasteiger partial charge >= 0.3 is 6.03 Å². The second kappa shape index (κ2) is 7.35. The maximum atomic E-state index is 12.6. The van der Waals surface area contributed by atoms with E-state index in [1.54, 1.807) is 12.0 Å². The fourth-order valence-corrected chi connectivity index (χ4v) is 3.61. The number of ether oxygens (including phenoxy) is 1. The molecule has 2 saturated heterocycles.